The van der Waals surface area contributed by atoms with Crippen LogP contribution in [-0.4, -0.2) is 50.1 Å². The lowest BCUT2D eigenvalue weighted by molar-refractivity contribution is -0.133. The number of halogens is 2. The summed E-state index contributed by atoms with van der Waals surface area (Å²) < 4.78 is 5.27. The summed E-state index contributed by atoms with van der Waals surface area (Å²) in [5.41, 5.74) is 7.15. The molecule has 1 heterocycles. The quantitative estimate of drug-likeness (QED) is 0.856. The molecule has 1 aliphatic rings. The van der Waals surface area contributed by atoms with Gasteiger partial charge in [0.2, 0.25) is 5.91 Å². The number of hydrogen-bond donors (Lipinski definition) is 1. The predicted molar refractivity (Wildman–Crippen MR) is 104 cm³/mol. The van der Waals surface area contributed by atoms with Crippen LogP contribution in [-0.2, 0) is 4.79 Å². The van der Waals surface area contributed by atoms with Gasteiger partial charge < -0.3 is 20.3 Å². The SMILES string of the molecule is COc1cccc(N2CCN(C(=O)[C@@H](N)CC(C)C)CC2)c1.Cl.Cl. The summed E-state index contributed by atoms with van der Waals surface area (Å²) in [6.07, 6.45) is 0.745. The molecule has 1 saturated heterocycles. The normalized spacial score (nSPS) is 15.4. The summed E-state index contributed by atoms with van der Waals surface area (Å²) in [5, 5.41) is 0. The molecule has 0 bridgehead atoms. The fourth-order valence-electron chi connectivity index (χ4n) is 2.84. The topological polar surface area (TPSA) is 58.8 Å². The van der Waals surface area contributed by atoms with E-state index in [9.17, 15) is 4.79 Å². The second-order valence-electron chi connectivity index (χ2n) is 6.25. The van der Waals surface area contributed by atoms with Gasteiger partial charge in [0.15, 0.2) is 0 Å². The molecule has 1 aliphatic heterocycles. The van der Waals surface area contributed by atoms with Gasteiger partial charge in [-0.15, -0.1) is 24.8 Å². The van der Waals surface area contributed by atoms with E-state index in [1.54, 1.807) is 7.11 Å². The van der Waals surface area contributed by atoms with Gasteiger partial charge in [-0.1, -0.05) is 19.9 Å². The van der Waals surface area contributed by atoms with Crippen LogP contribution in [0.4, 0.5) is 5.69 Å². The van der Waals surface area contributed by atoms with Gasteiger partial charge in [0.1, 0.15) is 5.75 Å². The third kappa shape index (κ3) is 6.04. The molecule has 5 nitrogen and oxygen atoms in total. The average Bonchev–Trinajstić information content (AvgIpc) is 2.53. The minimum atomic E-state index is -0.372. The van der Waals surface area contributed by atoms with E-state index in [1.807, 2.05) is 23.1 Å². The molecule has 2 N–H and O–H groups in total. The smallest absolute Gasteiger partial charge is 0.239 e. The zero-order valence-corrected chi connectivity index (χ0v) is 16.2. The average molecular weight is 378 g/mol. The number of piperazine rings is 1. The van der Waals surface area contributed by atoms with Crippen LogP contribution in [0.2, 0.25) is 0 Å². The number of amides is 1. The van der Waals surface area contributed by atoms with Crippen LogP contribution in [0.15, 0.2) is 24.3 Å². The Labute approximate surface area is 157 Å². The van der Waals surface area contributed by atoms with Crippen LogP contribution >= 0.6 is 24.8 Å². The van der Waals surface area contributed by atoms with Crippen molar-refractivity contribution in [3.8, 4) is 5.75 Å². The van der Waals surface area contributed by atoms with Crippen LogP contribution in [0.25, 0.3) is 0 Å². The van der Waals surface area contributed by atoms with Gasteiger partial charge in [-0.25, -0.2) is 0 Å². The van der Waals surface area contributed by atoms with Gasteiger partial charge in [0.05, 0.1) is 13.2 Å². The molecule has 0 spiro atoms. The van der Waals surface area contributed by atoms with E-state index >= 15 is 0 Å². The molecule has 0 unspecified atom stereocenters. The molecule has 0 aliphatic carbocycles. The molecule has 0 aromatic heterocycles. The number of carbonyl (C=O) groups excluding carboxylic acids is 1. The highest BCUT2D eigenvalue weighted by atomic mass is 35.5. The number of nitrogens with zero attached hydrogens (tertiary/aromatic N) is 2. The lowest BCUT2D eigenvalue weighted by Gasteiger charge is -2.37. The largest absolute Gasteiger partial charge is 0.497 e. The molecular formula is C17H29Cl2N3O2. The molecule has 1 aromatic carbocycles. The number of benzene rings is 1. The van der Waals surface area contributed by atoms with Gasteiger partial charge >= 0.3 is 0 Å². The monoisotopic (exact) mass is 377 g/mol. The summed E-state index contributed by atoms with van der Waals surface area (Å²) in [6.45, 7) is 7.28. The minimum absolute atomic E-state index is 0. The number of hydrogen-bond acceptors (Lipinski definition) is 4. The van der Waals surface area contributed by atoms with Crippen molar-refractivity contribution >= 4 is 36.4 Å². The van der Waals surface area contributed by atoms with E-state index < -0.39 is 0 Å². The molecule has 24 heavy (non-hydrogen) atoms. The second kappa shape index (κ2) is 10.6. The molecule has 7 heteroatoms. The molecule has 0 saturated carbocycles. The van der Waals surface area contributed by atoms with Crippen molar-refractivity contribution in [2.45, 2.75) is 26.3 Å². The highest BCUT2D eigenvalue weighted by molar-refractivity contribution is 5.85. The third-order valence-electron chi connectivity index (χ3n) is 4.05. The maximum atomic E-state index is 12.3. The van der Waals surface area contributed by atoms with Gasteiger partial charge in [0.25, 0.3) is 0 Å². The van der Waals surface area contributed by atoms with E-state index in [1.165, 1.54) is 0 Å². The molecule has 1 amide bonds. The molecule has 0 radical (unpaired) electrons. The van der Waals surface area contributed by atoms with Crippen molar-refractivity contribution in [1.29, 1.82) is 0 Å². The molecular weight excluding hydrogens is 349 g/mol. The fourth-order valence-corrected chi connectivity index (χ4v) is 2.84. The maximum absolute atomic E-state index is 12.3. The summed E-state index contributed by atoms with van der Waals surface area (Å²) >= 11 is 0. The molecule has 1 atom stereocenters. The van der Waals surface area contributed by atoms with E-state index in [0.717, 1.165) is 44.0 Å². The molecule has 1 fully saturated rings. The zero-order chi connectivity index (χ0) is 16.1. The van der Waals surface area contributed by atoms with Crippen molar-refractivity contribution in [2.75, 3.05) is 38.2 Å². The van der Waals surface area contributed by atoms with E-state index in [-0.39, 0.29) is 36.8 Å². The van der Waals surface area contributed by atoms with Crippen molar-refractivity contribution in [1.82, 2.24) is 4.90 Å². The second-order valence-corrected chi connectivity index (χ2v) is 6.25. The van der Waals surface area contributed by atoms with Crippen LogP contribution in [0.1, 0.15) is 20.3 Å². The van der Waals surface area contributed by atoms with E-state index in [2.05, 4.69) is 24.8 Å². The number of methoxy groups -OCH3 is 1. The van der Waals surface area contributed by atoms with Gasteiger partial charge in [-0.3, -0.25) is 4.79 Å². The molecule has 2 rings (SSSR count). The first-order chi connectivity index (χ1) is 10.5. The van der Waals surface area contributed by atoms with Gasteiger partial charge in [-0.05, 0) is 24.5 Å². The Kier molecular flexibility index (Phi) is 10.1. The molecule has 138 valence electrons. The first kappa shape index (κ1) is 22.8. The fraction of sp³-hybridized carbons (Fsp3) is 0.588. The first-order valence-electron chi connectivity index (χ1n) is 7.94. The van der Waals surface area contributed by atoms with Crippen LogP contribution in [0.3, 0.4) is 0 Å². The van der Waals surface area contributed by atoms with Gasteiger partial charge in [0, 0.05) is 37.9 Å². The van der Waals surface area contributed by atoms with Crippen molar-refractivity contribution in [2.24, 2.45) is 11.7 Å². The van der Waals surface area contributed by atoms with Crippen LogP contribution < -0.4 is 15.4 Å². The lowest BCUT2D eigenvalue weighted by Crippen LogP contribution is -2.53. The number of ether oxygens (including phenoxy) is 1. The Morgan fingerprint density at radius 2 is 1.83 bits per heavy atom. The Morgan fingerprint density at radius 3 is 2.38 bits per heavy atom. The van der Waals surface area contributed by atoms with Crippen LogP contribution in [0, 0.1) is 5.92 Å². The number of nitrogens with two attached hydrogens (primary N) is 1. The number of anilines is 1. The predicted octanol–water partition coefficient (Wildman–Crippen LogP) is 2.56. The highest BCUT2D eigenvalue weighted by Crippen LogP contribution is 2.22. The Bertz CT molecular complexity index is 506. The van der Waals surface area contributed by atoms with Crippen LogP contribution in [0.5, 0.6) is 5.75 Å². The summed E-state index contributed by atoms with van der Waals surface area (Å²) in [5.74, 6) is 1.38. The standard InChI is InChI=1S/C17H27N3O2.2ClH/c1-13(2)11-16(18)17(21)20-9-7-19(8-10-20)14-5-4-6-15(12-14)22-3;;/h4-6,12-13,16H,7-11,18H2,1-3H3;2*1H/t16-;;/m0../s1. The Balaban J connectivity index is 0.00000264. The van der Waals surface area contributed by atoms with Crippen molar-refractivity contribution < 1.29 is 9.53 Å². The van der Waals surface area contributed by atoms with Crippen molar-refractivity contribution in [3.63, 3.8) is 0 Å². The Hall–Kier alpha value is -1.17. The number of carbonyl (C=O) groups is 1. The number of rotatable bonds is 5. The third-order valence-corrected chi connectivity index (χ3v) is 4.05. The summed E-state index contributed by atoms with van der Waals surface area (Å²) in [7, 11) is 1.67. The Morgan fingerprint density at radius 1 is 1.21 bits per heavy atom. The summed E-state index contributed by atoms with van der Waals surface area (Å²) in [4.78, 5) is 16.5. The van der Waals surface area contributed by atoms with Crippen molar-refractivity contribution in [3.05, 3.63) is 24.3 Å². The highest BCUT2D eigenvalue weighted by Gasteiger charge is 2.25. The van der Waals surface area contributed by atoms with E-state index in [0.29, 0.717) is 5.92 Å². The van der Waals surface area contributed by atoms with E-state index in [4.69, 9.17) is 10.5 Å². The summed E-state index contributed by atoms with van der Waals surface area (Å²) in [6, 6.07) is 7.66. The molecule has 1 aromatic rings. The zero-order valence-electron chi connectivity index (χ0n) is 14.6. The van der Waals surface area contributed by atoms with Gasteiger partial charge in [-0.2, -0.15) is 0 Å². The first-order valence-corrected chi connectivity index (χ1v) is 7.94. The minimum Gasteiger partial charge on any atom is -0.497 e. The lowest BCUT2D eigenvalue weighted by atomic mass is 10.0. The maximum Gasteiger partial charge on any atom is 0.239 e.